The molecule has 0 aliphatic carbocycles. The Bertz CT molecular complexity index is 866. The van der Waals surface area contributed by atoms with Crippen molar-refractivity contribution in [2.45, 2.75) is 50.7 Å². The Labute approximate surface area is 171 Å². The van der Waals surface area contributed by atoms with Crippen molar-refractivity contribution in [3.8, 4) is 0 Å². The summed E-state index contributed by atoms with van der Waals surface area (Å²) in [5.41, 5.74) is 1.27. The van der Waals surface area contributed by atoms with Crippen LogP contribution >= 0.6 is 0 Å². The number of carbonyl (C=O) groups excluding carboxylic acids is 2. The van der Waals surface area contributed by atoms with Crippen molar-refractivity contribution < 1.29 is 9.59 Å². The van der Waals surface area contributed by atoms with Gasteiger partial charge in [0.1, 0.15) is 6.54 Å². The van der Waals surface area contributed by atoms with E-state index in [-0.39, 0.29) is 18.0 Å². The van der Waals surface area contributed by atoms with Crippen molar-refractivity contribution in [3.05, 3.63) is 54.6 Å². The van der Waals surface area contributed by atoms with Crippen molar-refractivity contribution in [1.29, 1.82) is 0 Å². The second kappa shape index (κ2) is 7.65. The van der Waals surface area contributed by atoms with Crippen LogP contribution < -0.4 is 0 Å². The van der Waals surface area contributed by atoms with E-state index >= 15 is 0 Å². The molecule has 152 valence electrons. The molecule has 0 saturated carbocycles. The summed E-state index contributed by atoms with van der Waals surface area (Å²) in [5.74, 6) is 1.22. The van der Waals surface area contributed by atoms with Crippen LogP contribution in [0.15, 0.2) is 49.1 Å². The Morgan fingerprint density at radius 3 is 2.76 bits per heavy atom. The second-order valence-corrected chi connectivity index (χ2v) is 8.81. The summed E-state index contributed by atoms with van der Waals surface area (Å²) in [6.07, 6.45) is 9.96. The van der Waals surface area contributed by atoms with E-state index in [1.807, 2.05) is 21.7 Å². The van der Waals surface area contributed by atoms with Crippen LogP contribution in [0.5, 0.6) is 0 Å². The van der Waals surface area contributed by atoms with E-state index in [0.29, 0.717) is 30.7 Å². The van der Waals surface area contributed by atoms with Gasteiger partial charge in [-0.3, -0.25) is 9.59 Å². The molecule has 2 aromatic rings. The number of hydrogen-bond acceptors (Lipinski definition) is 3. The van der Waals surface area contributed by atoms with Crippen LogP contribution in [0, 0.1) is 11.8 Å². The van der Waals surface area contributed by atoms with Crippen LogP contribution in [-0.2, 0) is 22.6 Å². The summed E-state index contributed by atoms with van der Waals surface area (Å²) in [7, 11) is 0. The van der Waals surface area contributed by atoms with E-state index in [2.05, 4.69) is 34.1 Å². The Kier molecular flexibility index (Phi) is 4.86. The maximum Gasteiger partial charge on any atom is 0.242 e. The molecule has 2 bridgehead atoms. The van der Waals surface area contributed by atoms with Crippen molar-refractivity contribution in [2.24, 2.45) is 11.8 Å². The van der Waals surface area contributed by atoms with Gasteiger partial charge in [0.25, 0.3) is 0 Å². The molecule has 3 fully saturated rings. The van der Waals surface area contributed by atoms with Crippen molar-refractivity contribution in [1.82, 2.24) is 19.4 Å². The van der Waals surface area contributed by atoms with E-state index < -0.39 is 0 Å². The van der Waals surface area contributed by atoms with E-state index in [9.17, 15) is 9.59 Å². The lowest BCUT2D eigenvalue weighted by Crippen LogP contribution is -2.66. The number of nitrogens with zero attached hydrogens (tertiary/aromatic N) is 4. The molecule has 0 N–H and O–H groups in total. The van der Waals surface area contributed by atoms with Crippen molar-refractivity contribution in [3.63, 3.8) is 0 Å². The molecule has 3 aliphatic heterocycles. The number of likely N-dealkylation sites (tertiary alicyclic amines) is 1. The first-order valence-corrected chi connectivity index (χ1v) is 10.8. The highest BCUT2D eigenvalue weighted by Gasteiger charge is 2.49. The summed E-state index contributed by atoms with van der Waals surface area (Å²) >= 11 is 0. The van der Waals surface area contributed by atoms with Crippen LogP contribution in [0.4, 0.5) is 0 Å². The fourth-order valence-electron chi connectivity index (χ4n) is 5.73. The predicted octanol–water partition coefficient (Wildman–Crippen LogP) is 2.35. The smallest absolute Gasteiger partial charge is 0.242 e. The van der Waals surface area contributed by atoms with Crippen LogP contribution in [0.2, 0.25) is 0 Å². The minimum absolute atomic E-state index is 0.159. The van der Waals surface area contributed by atoms with Crippen LogP contribution in [-0.4, -0.2) is 56.3 Å². The van der Waals surface area contributed by atoms with Gasteiger partial charge >= 0.3 is 0 Å². The largest absolute Gasteiger partial charge is 0.340 e. The Morgan fingerprint density at radius 1 is 1.14 bits per heavy atom. The molecule has 0 unspecified atom stereocenters. The van der Waals surface area contributed by atoms with Gasteiger partial charge < -0.3 is 14.4 Å². The molecule has 3 aliphatic rings. The number of amides is 2. The molecule has 6 heteroatoms. The summed E-state index contributed by atoms with van der Waals surface area (Å²) in [6, 6.07) is 10.9. The van der Waals surface area contributed by atoms with Gasteiger partial charge in [-0.2, -0.15) is 0 Å². The van der Waals surface area contributed by atoms with Gasteiger partial charge in [0.05, 0.1) is 6.33 Å². The van der Waals surface area contributed by atoms with Crippen molar-refractivity contribution in [2.75, 3.05) is 13.1 Å². The molecular formula is C23H28N4O2. The maximum atomic E-state index is 13.0. The maximum absolute atomic E-state index is 13.0. The SMILES string of the molecule is O=C(Cn1ccnc1)N1C[C@H]2C[C@@H](C1)[C@H](Cc1ccccc1)N1C(=O)CCC[C@@H]21. The van der Waals surface area contributed by atoms with Crippen LogP contribution in [0.3, 0.4) is 0 Å². The van der Waals surface area contributed by atoms with Gasteiger partial charge in [-0.05, 0) is 43.1 Å². The number of benzene rings is 1. The molecule has 4 atom stereocenters. The van der Waals surface area contributed by atoms with Gasteiger partial charge in [-0.25, -0.2) is 4.98 Å². The number of fused-ring (bicyclic) bond motifs is 4. The Balaban J connectivity index is 1.40. The number of aromatic nitrogens is 2. The Hall–Kier alpha value is -2.63. The topological polar surface area (TPSA) is 58.4 Å². The molecule has 1 aromatic carbocycles. The molecule has 4 heterocycles. The minimum atomic E-state index is 0.159. The zero-order chi connectivity index (χ0) is 19.8. The lowest BCUT2D eigenvalue weighted by molar-refractivity contribution is -0.156. The molecular weight excluding hydrogens is 364 g/mol. The van der Waals surface area contributed by atoms with Gasteiger partial charge in [0.2, 0.25) is 11.8 Å². The molecule has 29 heavy (non-hydrogen) atoms. The zero-order valence-corrected chi connectivity index (χ0v) is 16.7. The standard InChI is InChI=1S/C23H28N4O2/c28-22-8-4-7-20-18-12-19(21(27(20)22)11-17-5-2-1-3-6-17)14-26(13-18)23(29)15-25-10-9-24-16-25/h1-3,5-6,9-10,16,18-21H,4,7-8,11-15H2/t18-,19+,20+,21+/m1/s1. The van der Waals surface area contributed by atoms with Crippen LogP contribution in [0.1, 0.15) is 31.2 Å². The third-order valence-corrected chi connectivity index (χ3v) is 7.01. The monoisotopic (exact) mass is 392 g/mol. The van der Waals surface area contributed by atoms with Crippen LogP contribution in [0.25, 0.3) is 0 Å². The fourth-order valence-corrected chi connectivity index (χ4v) is 5.73. The number of rotatable bonds is 4. The normalized spacial score (nSPS) is 28.9. The lowest BCUT2D eigenvalue weighted by Gasteiger charge is -2.56. The summed E-state index contributed by atoms with van der Waals surface area (Å²) in [6.45, 7) is 1.87. The molecule has 0 spiro atoms. The van der Waals surface area contributed by atoms with Gasteiger partial charge in [-0.1, -0.05) is 30.3 Å². The highest BCUT2D eigenvalue weighted by atomic mass is 16.2. The fraction of sp³-hybridized carbons (Fsp3) is 0.522. The van der Waals surface area contributed by atoms with Crippen molar-refractivity contribution >= 4 is 11.8 Å². The van der Waals surface area contributed by atoms with E-state index in [4.69, 9.17) is 0 Å². The van der Waals surface area contributed by atoms with Gasteiger partial charge in [0.15, 0.2) is 0 Å². The molecule has 0 radical (unpaired) electrons. The van der Waals surface area contributed by atoms with Gasteiger partial charge in [-0.15, -0.1) is 0 Å². The van der Waals surface area contributed by atoms with E-state index in [0.717, 1.165) is 38.8 Å². The minimum Gasteiger partial charge on any atom is -0.340 e. The summed E-state index contributed by atoms with van der Waals surface area (Å²) in [4.78, 5) is 34.2. The van der Waals surface area contributed by atoms with Gasteiger partial charge in [0, 0.05) is 44.0 Å². The first-order chi connectivity index (χ1) is 14.2. The first kappa shape index (κ1) is 18.4. The molecule has 2 amide bonds. The highest BCUT2D eigenvalue weighted by molar-refractivity contribution is 5.78. The summed E-state index contributed by atoms with van der Waals surface area (Å²) in [5, 5.41) is 0. The third kappa shape index (κ3) is 3.56. The first-order valence-electron chi connectivity index (χ1n) is 10.8. The molecule has 6 nitrogen and oxygen atoms in total. The number of piperidine rings is 3. The average molecular weight is 393 g/mol. The second-order valence-electron chi connectivity index (χ2n) is 8.81. The Morgan fingerprint density at radius 2 is 1.97 bits per heavy atom. The summed E-state index contributed by atoms with van der Waals surface area (Å²) < 4.78 is 1.84. The van der Waals surface area contributed by atoms with E-state index in [1.54, 1.807) is 12.5 Å². The predicted molar refractivity (Wildman–Crippen MR) is 109 cm³/mol. The third-order valence-electron chi connectivity index (χ3n) is 7.01. The highest BCUT2D eigenvalue weighted by Crippen LogP contribution is 2.42. The number of carbonyl (C=O) groups is 2. The molecule has 1 aromatic heterocycles. The number of imidazole rings is 1. The zero-order valence-electron chi connectivity index (χ0n) is 16.7. The quantitative estimate of drug-likeness (QED) is 0.803. The lowest BCUT2D eigenvalue weighted by atomic mass is 9.70. The molecule has 3 saturated heterocycles. The average Bonchev–Trinajstić information content (AvgIpc) is 3.25. The molecule has 5 rings (SSSR count). The van der Waals surface area contributed by atoms with E-state index in [1.165, 1.54) is 5.56 Å². The number of hydrogen-bond donors (Lipinski definition) is 0.